The molecule has 1 heterocycles. The van der Waals surface area contributed by atoms with Gasteiger partial charge in [0, 0.05) is 11.3 Å². The number of amides is 1. The molecule has 0 aliphatic rings. The number of para-hydroxylation sites is 1. The van der Waals surface area contributed by atoms with Gasteiger partial charge < -0.3 is 14.5 Å². The smallest absolute Gasteiger partial charge is 0.419 e. The fourth-order valence-electron chi connectivity index (χ4n) is 2.34. The first kappa shape index (κ1) is 18.4. The summed E-state index contributed by atoms with van der Waals surface area (Å²) in [4.78, 5) is 12.1. The lowest BCUT2D eigenvalue weighted by atomic mass is 10.1. The van der Waals surface area contributed by atoms with Crippen molar-refractivity contribution in [2.24, 2.45) is 0 Å². The molecule has 0 unspecified atom stereocenters. The van der Waals surface area contributed by atoms with Crippen LogP contribution in [0.5, 0.6) is 5.75 Å². The van der Waals surface area contributed by atoms with Gasteiger partial charge in [-0.2, -0.15) is 13.2 Å². The third-order valence-corrected chi connectivity index (χ3v) is 3.67. The molecule has 0 atom stereocenters. The number of nitrogens with zero attached hydrogens (tertiary/aromatic N) is 2. The lowest BCUT2D eigenvalue weighted by Crippen LogP contribution is -2.21. The van der Waals surface area contributed by atoms with Gasteiger partial charge in [-0.1, -0.05) is 18.2 Å². The molecule has 0 aliphatic carbocycles. The average molecular weight is 377 g/mol. The van der Waals surface area contributed by atoms with Crippen LogP contribution in [0, 0.1) is 6.92 Å². The lowest BCUT2D eigenvalue weighted by Gasteiger charge is -2.14. The SMILES string of the molecule is Cc1ccc(-c2nnco2)cc1NC(=O)COc1ccccc1C(F)(F)F. The Kier molecular flexibility index (Phi) is 5.11. The van der Waals surface area contributed by atoms with Gasteiger partial charge in [0.05, 0.1) is 5.56 Å². The lowest BCUT2D eigenvalue weighted by molar-refractivity contribution is -0.139. The van der Waals surface area contributed by atoms with Crippen LogP contribution in [0.3, 0.4) is 0 Å². The van der Waals surface area contributed by atoms with Crippen LogP contribution in [0.4, 0.5) is 18.9 Å². The van der Waals surface area contributed by atoms with E-state index in [1.54, 1.807) is 25.1 Å². The number of nitrogens with one attached hydrogen (secondary N) is 1. The molecule has 27 heavy (non-hydrogen) atoms. The molecule has 140 valence electrons. The van der Waals surface area contributed by atoms with E-state index in [0.717, 1.165) is 17.7 Å². The highest BCUT2D eigenvalue weighted by atomic mass is 19.4. The summed E-state index contributed by atoms with van der Waals surface area (Å²) in [7, 11) is 0. The number of ether oxygens (including phenoxy) is 1. The van der Waals surface area contributed by atoms with Gasteiger partial charge in [-0.3, -0.25) is 4.79 Å². The van der Waals surface area contributed by atoms with E-state index in [1.807, 2.05) is 0 Å². The minimum absolute atomic E-state index is 0.279. The first-order chi connectivity index (χ1) is 12.8. The summed E-state index contributed by atoms with van der Waals surface area (Å²) < 4.78 is 49.0. The molecule has 0 saturated carbocycles. The van der Waals surface area contributed by atoms with E-state index < -0.39 is 30.0 Å². The van der Waals surface area contributed by atoms with Gasteiger partial charge in [0.25, 0.3) is 5.91 Å². The van der Waals surface area contributed by atoms with Crippen molar-refractivity contribution in [1.82, 2.24) is 10.2 Å². The van der Waals surface area contributed by atoms with E-state index in [4.69, 9.17) is 9.15 Å². The zero-order valence-corrected chi connectivity index (χ0v) is 14.1. The number of halogens is 3. The van der Waals surface area contributed by atoms with Crippen molar-refractivity contribution < 1.29 is 27.1 Å². The molecule has 2 aromatic carbocycles. The van der Waals surface area contributed by atoms with Gasteiger partial charge in [-0.15, -0.1) is 10.2 Å². The third-order valence-electron chi connectivity index (χ3n) is 3.67. The standard InChI is InChI=1S/C18H14F3N3O3/c1-11-6-7-12(17-24-22-10-27-17)8-14(11)23-16(25)9-26-15-5-3-2-4-13(15)18(19,20)21/h2-8,10H,9H2,1H3,(H,23,25). The van der Waals surface area contributed by atoms with Crippen LogP contribution in [0.2, 0.25) is 0 Å². The first-order valence-electron chi connectivity index (χ1n) is 7.80. The Morgan fingerprint density at radius 1 is 1.22 bits per heavy atom. The minimum atomic E-state index is -4.57. The van der Waals surface area contributed by atoms with Crippen molar-refractivity contribution in [2.45, 2.75) is 13.1 Å². The van der Waals surface area contributed by atoms with Gasteiger partial charge in [0.1, 0.15) is 5.75 Å². The number of hydrogen-bond acceptors (Lipinski definition) is 5. The summed E-state index contributed by atoms with van der Waals surface area (Å²) in [6, 6.07) is 9.83. The Morgan fingerprint density at radius 3 is 2.70 bits per heavy atom. The third kappa shape index (κ3) is 4.43. The van der Waals surface area contributed by atoms with Crippen LogP contribution in [0.1, 0.15) is 11.1 Å². The predicted molar refractivity (Wildman–Crippen MR) is 90.0 cm³/mol. The van der Waals surface area contributed by atoms with Gasteiger partial charge in [0.15, 0.2) is 6.61 Å². The highest BCUT2D eigenvalue weighted by Crippen LogP contribution is 2.35. The molecule has 1 N–H and O–H groups in total. The quantitative estimate of drug-likeness (QED) is 0.725. The Bertz CT molecular complexity index is 941. The Labute approximate surface area is 152 Å². The molecule has 0 fully saturated rings. The van der Waals surface area contributed by atoms with Crippen molar-refractivity contribution >= 4 is 11.6 Å². The summed E-state index contributed by atoms with van der Waals surface area (Å²) in [6.07, 6.45) is -3.39. The van der Waals surface area contributed by atoms with E-state index in [9.17, 15) is 18.0 Å². The largest absolute Gasteiger partial charge is 0.483 e. The number of carbonyl (C=O) groups is 1. The summed E-state index contributed by atoms with van der Waals surface area (Å²) in [5, 5.41) is 9.98. The predicted octanol–water partition coefficient (Wildman–Crippen LogP) is 4.08. The normalized spacial score (nSPS) is 11.3. The van der Waals surface area contributed by atoms with E-state index >= 15 is 0 Å². The number of alkyl halides is 3. The number of aryl methyl sites for hydroxylation is 1. The fourth-order valence-corrected chi connectivity index (χ4v) is 2.34. The molecular weight excluding hydrogens is 363 g/mol. The molecule has 9 heteroatoms. The topological polar surface area (TPSA) is 77.3 Å². The second kappa shape index (κ2) is 7.48. The summed E-state index contributed by atoms with van der Waals surface area (Å²) >= 11 is 0. The van der Waals surface area contributed by atoms with Gasteiger partial charge in [-0.05, 0) is 36.8 Å². The number of rotatable bonds is 5. The van der Waals surface area contributed by atoms with Crippen LogP contribution in [-0.2, 0) is 11.0 Å². The van der Waals surface area contributed by atoms with Gasteiger partial charge >= 0.3 is 6.18 Å². The highest BCUT2D eigenvalue weighted by molar-refractivity contribution is 5.93. The van der Waals surface area contributed by atoms with Crippen LogP contribution in [-0.4, -0.2) is 22.7 Å². The first-order valence-corrected chi connectivity index (χ1v) is 7.80. The number of benzene rings is 2. The summed E-state index contributed by atoms with van der Waals surface area (Å²) in [5.74, 6) is -0.727. The van der Waals surface area contributed by atoms with Crippen molar-refractivity contribution in [1.29, 1.82) is 0 Å². The van der Waals surface area contributed by atoms with Crippen molar-refractivity contribution in [3.8, 4) is 17.2 Å². The Hall–Kier alpha value is -3.36. The summed E-state index contributed by atoms with van der Waals surface area (Å²) in [5.41, 5.74) is 0.870. The van der Waals surface area contributed by atoms with Gasteiger partial charge in [0.2, 0.25) is 12.3 Å². The maximum Gasteiger partial charge on any atom is 0.419 e. The molecule has 0 radical (unpaired) electrons. The maximum atomic E-state index is 13.0. The molecule has 0 bridgehead atoms. The Morgan fingerprint density at radius 2 is 2.00 bits per heavy atom. The maximum absolute atomic E-state index is 13.0. The van der Waals surface area contributed by atoms with E-state index in [-0.39, 0.29) is 5.89 Å². The van der Waals surface area contributed by atoms with E-state index in [2.05, 4.69) is 15.5 Å². The fraction of sp³-hybridized carbons (Fsp3) is 0.167. The van der Waals surface area contributed by atoms with Crippen LogP contribution in [0.25, 0.3) is 11.5 Å². The monoisotopic (exact) mass is 377 g/mol. The zero-order chi connectivity index (χ0) is 19.4. The van der Waals surface area contributed by atoms with Crippen molar-refractivity contribution in [3.05, 3.63) is 60.0 Å². The van der Waals surface area contributed by atoms with Gasteiger partial charge in [-0.25, -0.2) is 0 Å². The molecule has 0 aliphatic heterocycles. The van der Waals surface area contributed by atoms with Crippen LogP contribution >= 0.6 is 0 Å². The Balaban J connectivity index is 1.70. The second-order valence-electron chi connectivity index (χ2n) is 5.60. The number of anilines is 1. The number of hydrogen-bond donors (Lipinski definition) is 1. The minimum Gasteiger partial charge on any atom is -0.483 e. The summed E-state index contributed by atoms with van der Waals surface area (Å²) in [6.45, 7) is 1.20. The highest BCUT2D eigenvalue weighted by Gasteiger charge is 2.34. The van der Waals surface area contributed by atoms with E-state index in [1.165, 1.54) is 18.5 Å². The molecule has 3 rings (SSSR count). The van der Waals surface area contributed by atoms with Crippen LogP contribution in [0.15, 0.2) is 53.3 Å². The van der Waals surface area contributed by atoms with Crippen LogP contribution < -0.4 is 10.1 Å². The van der Waals surface area contributed by atoms with Crippen molar-refractivity contribution in [3.63, 3.8) is 0 Å². The number of aromatic nitrogens is 2. The molecule has 1 amide bonds. The van der Waals surface area contributed by atoms with Crippen molar-refractivity contribution in [2.75, 3.05) is 11.9 Å². The molecule has 0 saturated heterocycles. The molecule has 6 nitrogen and oxygen atoms in total. The molecule has 1 aromatic heterocycles. The second-order valence-corrected chi connectivity index (χ2v) is 5.60. The zero-order valence-electron chi connectivity index (χ0n) is 14.1. The molecule has 3 aromatic rings. The molecular formula is C18H14F3N3O3. The number of carbonyl (C=O) groups excluding carboxylic acids is 1. The average Bonchev–Trinajstić information content (AvgIpc) is 3.16. The molecule has 0 spiro atoms. The van der Waals surface area contributed by atoms with E-state index in [0.29, 0.717) is 11.3 Å².